The van der Waals surface area contributed by atoms with Crippen molar-refractivity contribution in [3.63, 3.8) is 0 Å². The Labute approximate surface area is 106 Å². The zero-order valence-corrected chi connectivity index (χ0v) is 11.8. The van der Waals surface area contributed by atoms with Gasteiger partial charge >= 0.3 is 0 Å². The van der Waals surface area contributed by atoms with Gasteiger partial charge < -0.3 is 0 Å². The molecule has 3 rings (SSSR count). The van der Waals surface area contributed by atoms with Crippen LogP contribution in [-0.4, -0.2) is 46.6 Å². The van der Waals surface area contributed by atoms with Gasteiger partial charge in [0.1, 0.15) is 0 Å². The summed E-state index contributed by atoms with van der Waals surface area (Å²) in [6.45, 7) is 9.75. The van der Waals surface area contributed by atoms with Crippen molar-refractivity contribution in [2.45, 2.75) is 83.0 Å². The van der Waals surface area contributed by atoms with Crippen molar-refractivity contribution in [1.29, 1.82) is 0 Å². The molecule has 3 fully saturated rings. The van der Waals surface area contributed by atoms with E-state index in [1.807, 2.05) is 0 Å². The van der Waals surface area contributed by atoms with Crippen molar-refractivity contribution in [2.24, 2.45) is 0 Å². The highest BCUT2D eigenvalue weighted by atomic mass is 15.4. The third-order valence-electron chi connectivity index (χ3n) is 5.23. The highest BCUT2D eigenvalue weighted by Gasteiger charge is 2.45. The maximum Gasteiger partial charge on any atom is 0.0230 e. The first kappa shape index (κ1) is 12.0. The van der Waals surface area contributed by atoms with Gasteiger partial charge in [0.25, 0.3) is 0 Å². The van der Waals surface area contributed by atoms with Crippen LogP contribution in [0.1, 0.15) is 59.3 Å². The third kappa shape index (κ3) is 2.15. The first-order chi connectivity index (χ1) is 8.05. The lowest BCUT2D eigenvalue weighted by Crippen LogP contribution is -2.60. The molecule has 0 aromatic rings. The molecule has 98 valence electrons. The van der Waals surface area contributed by atoms with Gasteiger partial charge in [0.05, 0.1) is 0 Å². The van der Waals surface area contributed by atoms with E-state index in [1.165, 1.54) is 51.6 Å². The molecule has 0 radical (unpaired) electrons. The highest BCUT2D eigenvalue weighted by molar-refractivity contribution is 5.01. The Balaban J connectivity index is 1.71. The van der Waals surface area contributed by atoms with Crippen molar-refractivity contribution in [2.75, 3.05) is 13.1 Å². The van der Waals surface area contributed by atoms with Crippen LogP contribution >= 0.6 is 0 Å². The Kier molecular flexibility index (Phi) is 2.99. The van der Waals surface area contributed by atoms with Crippen molar-refractivity contribution < 1.29 is 0 Å². The Morgan fingerprint density at radius 3 is 1.76 bits per heavy atom. The number of piperazine rings is 1. The summed E-state index contributed by atoms with van der Waals surface area (Å²) in [5, 5.41) is 0. The maximum atomic E-state index is 2.93. The number of rotatable bonds is 1. The summed E-state index contributed by atoms with van der Waals surface area (Å²) >= 11 is 0. The van der Waals surface area contributed by atoms with Crippen LogP contribution in [0.15, 0.2) is 0 Å². The van der Waals surface area contributed by atoms with E-state index in [-0.39, 0.29) is 0 Å². The second-order valence-corrected chi connectivity index (χ2v) is 7.35. The fourth-order valence-corrected chi connectivity index (χ4v) is 4.28. The molecule has 2 saturated heterocycles. The van der Waals surface area contributed by atoms with Crippen LogP contribution in [0.2, 0.25) is 0 Å². The van der Waals surface area contributed by atoms with Crippen LogP contribution < -0.4 is 0 Å². The van der Waals surface area contributed by atoms with E-state index >= 15 is 0 Å². The first-order valence-electron chi connectivity index (χ1n) is 7.58. The summed E-state index contributed by atoms with van der Waals surface area (Å²) < 4.78 is 0. The predicted molar refractivity (Wildman–Crippen MR) is 72.2 cm³/mol. The lowest BCUT2D eigenvalue weighted by molar-refractivity contribution is -0.00563. The summed E-state index contributed by atoms with van der Waals surface area (Å²) in [4.78, 5) is 5.65. The lowest BCUT2D eigenvalue weighted by Gasteiger charge is -2.48. The normalized spacial score (nSPS) is 36.9. The van der Waals surface area contributed by atoms with E-state index in [0.717, 1.165) is 18.1 Å². The summed E-state index contributed by atoms with van der Waals surface area (Å²) in [7, 11) is 0. The molecule has 2 heterocycles. The van der Waals surface area contributed by atoms with Crippen LogP contribution in [-0.2, 0) is 0 Å². The SMILES string of the molecule is CC(C)(C)N1CC2CCC(C1)N2C1CCCC1. The second kappa shape index (κ2) is 4.24. The van der Waals surface area contributed by atoms with Gasteiger partial charge in [0.15, 0.2) is 0 Å². The predicted octanol–water partition coefficient (Wildman–Crippen LogP) is 2.88. The van der Waals surface area contributed by atoms with E-state index < -0.39 is 0 Å². The van der Waals surface area contributed by atoms with Gasteiger partial charge in [-0.1, -0.05) is 12.8 Å². The standard InChI is InChI=1S/C15H28N2/c1-15(2,3)16-10-13-8-9-14(11-16)17(13)12-6-4-5-7-12/h12-14H,4-11H2,1-3H3. The molecular weight excluding hydrogens is 208 g/mol. The molecule has 17 heavy (non-hydrogen) atoms. The molecule has 0 aromatic heterocycles. The van der Waals surface area contributed by atoms with E-state index in [1.54, 1.807) is 0 Å². The van der Waals surface area contributed by atoms with Gasteiger partial charge in [-0.05, 0) is 46.5 Å². The Bertz CT molecular complexity index is 261. The largest absolute Gasteiger partial charge is 0.295 e. The number of fused-ring (bicyclic) bond motifs is 2. The Hall–Kier alpha value is -0.0800. The van der Waals surface area contributed by atoms with Crippen LogP contribution in [0.3, 0.4) is 0 Å². The molecule has 2 unspecified atom stereocenters. The number of likely N-dealkylation sites (tertiary alicyclic amines) is 1. The number of hydrogen-bond donors (Lipinski definition) is 0. The molecule has 0 aromatic carbocycles. The van der Waals surface area contributed by atoms with Gasteiger partial charge in [-0.15, -0.1) is 0 Å². The van der Waals surface area contributed by atoms with Crippen LogP contribution in [0.4, 0.5) is 0 Å². The maximum absolute atomic E-state index is 2.93. The zero-order valence-electron chi connectivity index (χ0n) is 11.8. The molecule has 0 N–H and O–H groups in total. The van der Waals surface area contributed by atoms with Crippen molar-refractivity contribution >= 4 is 0 Å². The van der Waals surface area contributed by atoms with Crippen LogP contribution in [0.25, 0.3) is 0 Å². The molecular formula is C15H28N2. The highest BCUT2D eigenvalue weighted by Crippen LogP contribution is 2.38. The van der Waals surface area contributed by atoms with E-state index in [9.17, 15) is 0 Å². The topological polar surface area (TPSA) is 6.48 Å². The minimum atomic E-state index is 0.364. The zero-order chi connectivity index (χ0) is 12.0. The number of nitrogens with zero attached hydrogens (tertiary/aromatic N) is 2. The third-order valence-corrected chi connectivity index (χ3v) is 5.23. The summed E-state index contributed by atoms with van der Waals surface area (Å²) in [5.74, 6) is 0. The molecule has 0 spiro atoms. The Morgan fingerprint density at radius 1 is 0.765 bits per heavy atom. The number of hydrogen-bond acceptors (Lipinski definition) is 2. The van der Waals surface area contributed by atoms with Crippen molar-refractivity contribution in [3.05, 3.63) is 0 Å². The minimum Gasteiger partial charge on any atom is -0.295 e. The van der Waals surface area contributed by atoms with Gasteiger partial charge in [-0.25, -0.2) is 0 Å². The van der Waals surface area contributed by atoms with Crippen molar-refractivity contribution in [3.8, 4) is 0 Å². The van der Waals surface area contributed by atoms with Gasteiger partial charge in [0, 0.05) is 36.8 Å². The second-order valence-electron chi connectivity index (χ2n) is 7.35. The van der Waals surface area contributed by atoms with Crippen LogP contribution in [0, 0.1) is 0 Å². The molecule has 1 aliphatic carbocycles. The molecule has 2 bridgehead atoms. The van der Waals surface area contributed by atoms with Gasteiger partial charge in [0.2, 0.25) is 0 Å². The monoisotopic (exact) mass is 236 g/mol. The molecule has 2 aliphatic heterocycles. The molecule has 2 nitrogen and oxygen atoms in total. The fourth-order valence-electron chi connectivity index (χ4n) is 4.28. The molecule has 2 heteroatoms. The molecule has 1 saturated carbocycles. The van der Waals surface area contributed by atoms with Gasteiger partial charge in [-0.2, -0.15) is 0 Å². The quantitative estimate of drug-likeness (QED) is 0.691. The summed E-state index contributed by atoms with van der Waals surface area (Å²) in [5.41, 5.74) is 0.364. The molecule has 0 amide bonds. The molecule has 3 aliphatic rings. The van der Waals surface area contributed by atoms with Gasteiger partial charge in [-0.3, -0.25) is 9.80 Å². The van der Waals surface area contributed by atoms with E-state index in [0.29, 0.717) is 5.54 Å². The van der Waals surface area contributed by atoms with Crippen LogP contribution in [0.5, 0.6) is 0 Å². The fraction of sp³-hybridized carbons (Fsp3) is 1.00. The first-order valence-corrected chi connectivity index (χ1v) is 7.58. The van der Waals surface area contributed by atoms with E-state index in [2.05, 4.69) is 30.6 Å². The van der Waals surface area contributed by atoms with E-state index in [4.69, 9.17) is 0 Å². The Morgan fingerprint density at radius 2 is 1.29 bits per heavy atom. The smallest absolute Gasteiger partial charge is 0.0230 e. The molecule has 2 atom stereocenters. The average molecular weight is 236 g/mol. The minimum absolute atomic E-state index is 0.364. The lowest BCUT2D eigenvalue weighted by atomic mass is 10.0. The average Bonchev–Trinajstić information content (AvgIpc) is 2.82. The van der Waals surface area contributed by atoms with Crippen molar-refractivity contribution in [1.82, 2.24) is 9.80 Å². The summed E-state index contributed by atoms with van der Waals surface area (Å²) in [6.07, 6.45) is 8.81. The summed E-state index contributed by atoms with van der Waals surface area (Å²) in [6, 6.07) is 2.68.